The van der Waals surface area contributed by atoms with Gasteiger partial charge in [0.25, 0.3) is 5.91 Å². The van der Waals surface area contributed by atoms with E-state index in [0.717, 1.165) is 25.2 Å². The molecule has 2 aromatic rings. The van der Waals surface area contributed by atoms with E-state index in [1.807, 2.05) is 12.1 Å². The van der Waals surface area contributed by atoms with Crippen LogP contribution < -0.4 is 14.8 Å². The van der Waals surface area contributed by atoms with Gasteiger partial charge in [-0.2, -0.15) is 0 Å². The van der Waals surface area contributed by atoms with Crippen LogP contribution in [0.4, 0.5) is 0 Å². The molecule has 0 fully saturated rings. The predicted octanol–water partition coefficient (Wildman–Crippen LogP) is 2.47. The standard InChI is InChI=1S/C24H32N4O4/c1-6-28(7-2)12-11-26-23(29)21-17-13-19(31-4)20(32-5)14-18(17)24(30)27(3)22(21)16-9-8-10-25-15-16/h8-10,13-15,21-22H,6-7,11-12H2,1-5H3,(H,26,29). The second-order valence-corrected chi connectivity index (χ2v) is 7.74. The Kier molecular flexibility index (Phi) is 7.69. The highest BCUT2D eigenvalue weighted by Gasteiger charge is 2.43. The molecule has 2 heterocycles. The first-order valence-corrected chi connectivity index (χ1v) is 10.9. The van der Waals surface area contributed by atoms with Crippen LogP contribution in [0.2, 0.25) is 0 Å². The van der Waals surface area contributed by atoms with Crippen LogP contribution in [-0.2, 0) is 4.79 Å². The Morgan fingerprint density at radius 1 is 1.19 bits per heavy atom. The maximum atomic E-state index is 13.5. The van der Waals surface area contributed by atoms with E-state index in [4.69, 9.17) is 9.47 Å². The molecule has 1 N–H and O–H groups in total. The number of fused-ring (bicyclic) bond motifs is 1. The lowest BCUT2D eigenvalue weighted by atomic mass is 9.79. The highest BCUT2D eigenvalue weighted by Crippen LogP contribution is 2.45. The molecule has 8 heteroatoms. The molecule has 1 aliphatic heterocycles. The van der Waals surface area contributed by atoms with Crippen molar-refractivity contribution >= 4 is 11.8 Å². The van der Waals surface area contributed by atoms with Gasteiger partial charge < -0.3 is 24.6 Å². The van der Waals surface area contributed by atoms with Gasteiger partial charge in [0.15, 0.2) is 11.5 Å². The van der Waals surface area contributed by atoms with Gasteiger partial charge in [-0.3, -0.25) is 14.6 Å². The fourth-order valence-corrected chi connectivity index (χ4v) is 4.29. The minimum atomic E-state index is -0.617. The van der Waals surface area contributed by atoms with Gasteiger partial charge in [-0.15, -0.1) is 0 Å². The van der Waals surface area contributed by atoms with Crippen molar-refractivity contribution < 1.29 is 19.1 Å². The number of carbonyl (C=O) groups excluding carboxylic acids is 2. The van der Waals surface area contributed by atoms with E-state index >= 15 is 0 Å². The number of ether oxygens (including phenoxy) is 2. The summed E-state index contributed by atoms with van der Waals surface area (Å²) in [5.74, 6) is -0.00256. The first-order chi connectivity index (χ1) is 15.5. The number of aromatic nitrogens is 1. The fraction of sp³-hybridized carbons (Fsp3) is 0.458. The molecule has 0 spiro atoms. The molecule has 172 valence electrons. The summed E-state index contributed by atoms with van der Waals surface area (Å²) in [5, 5.41) is 3.08. The summed E-state index contributed by atoms with van der Waals surface area (Å²) in [4.78, 5) is 34.9. The number of rotatable bonds is 9. The Hall–Kier alpha value is -3.13. The van der Waals surface area contributed by atoms with Crippen molar-refractivity contribution in [3.63, 3.8) is 0 Å². The first-order valence-electron chi connectivity index (χ1n) is 10.9. The van der Waals surface area contributed by atoms with E-state index in [9.17, 15) is 9.59 Å². The van der Waals surface area contributed by atoms with Gasteiger partial charge in [0, 0.05) is 38.1 Å². The zero-order chi connectivity index (χ0) is 23.3. The summed E-state index contributed by atoms with van der Waals surface area (Å²) in [6, 6.07) is 6.62. The van der Waals surface area contributed by atoms with E-state index in [1.165, 1.54) is 7.11 Å². The largest absolute Gasteiger partial charge is 0.493 e. The molecule has 2 unspecified atom stereocenters. The molecular formula is C24H32N4O4. The number of hydrogen-bond donors (Lipinski definition) is 1. The van der Waals surface area contributed by atoms with Gasteiger partial charge in [-0.1, -0.05) is 19.9 Å². The van der Waals surface area contributed by atoms with Crippen LogP contribution in [0.15, 0.2) is 36.7 Å². The number of carbonyl (C=O) groups is 2. The molecule has 2 amide bonds. The third kappa shape index (κ3) is 4.55. The quantitative estimate of drug-likeness (QED) is 0.645. The maximum absolute atomic E-state index is 13.5. The molecule has 3 rings (SSSR count). The van der Waals surface area contributed by atoms with Gasteiger partial charge >= 0.3 is 0 Å². The molecule has 1 aromatic heterocycles. The molecule has 1 aromatic carbocycles. The minimum absolute atomic E-state index is 0.140. The first kappa shape index (κ1) is 23.5. The highest BCUT2D eigenvalue weighted by molar-refractivity contribution is 6.02. The number of likely N-dealkylation sites (N-methyl/N-ethyl adjacent to an activating group) is 2. The van der Waals surface area contributed by atoms with Crippen LogP contribution in [0.5, 0.6) is 11.5 Å². The number of methoxy groups -OCH3 is 2. The van der Waals surface area contributed by atoms with Crippen molar-refractivity contribution in [3.05, 3.63) is 53.3 Å². The SMILES string of the molecule is CCN(CC)CCNC(=O)C1c2cc(OC)c(OC)cc2C(=O)N(C)C1c1cccnc1. The molecule has 0 saturated carbocycles. The number of amides is 2. The molecule has 0 saturated heterocycles. The average Bonchev–Trinajstić information content (AvgIpc) is 2.83. The molecule has 0 radical (unpaired) electrons. The maximum Gasteiger partial charge on any atom is 0.254 e. The topological polar surface area (TPSA) is 84.0 Å². The molecule has 0 bridgehead atoms. The zero-order valence-corrected chi connectivity index (χ0v) is 19.4. The fourth-order valence-electron chi connectivity index (χ4n) is 4.29. The highest BCUT2D eigenvalue weighted by atomic mass is 16.5. The lowest BCUT2D eigenvalue weighted by Gasteiger charge is -2.40. The van der Waals surface area contributed by atoms with Crippen molar-refractivity contribution in [1.82, 2.24) is 20.1 Å². The van der Waals surface area contributed by atoms with E-state index in [-0.39, 0.29) is 11.8 Å². The lowest BCUT2D eigenvalue weighted by Crippen LogP contribution is -2.46. The van der Waals surface area contributed by atoms with Crippen LogP contribution in [-0.4, -0.2) is 74.0 Å². The Labute approximate surface area is 189 Å². The Morgan fingerprint density at radius 2 is 1.88 bits per heavy atom. The van der Waals surface area contributed by atoms with Crippen molar-refractivity contribution in [1.29, 1.82) is 0 Å². The zero-order valence-electron chi connectivity index (χ0n) is 19.4. The Balaban J connectivity index is 2.05. The monoisotopic (exact) mass is 440 g/mol. The number of pyridine rings is 1. The summed E-state index contributed by atoms with van der Waals surface area (Å²) in [5.41, 5.74) is 1.86. The second-order valence-electron chi connectivity index (χ2n) is 7.74. The molecule has 8 nitrogen and oxygen atoms in total. The van der Waals surface area contributed by atoms with Crippen LogP contribution in [0.25, 0.3) is 0 Å². The summed E-state index contributed by atoms with van der Waals surface area (Å²) in [7, 11) is 4.78. The Morgan fingerprint density at radius 3 is 2.47 bits per heavy atom. The van der Waals surface area contributed by atoms with Gasteiger partial charge in [0.1, 0.15) is 0 Å². The summed E-state index contributed by atoms with van der Waals surface area (Å²) in [6.45, 7) is 7.33. The van der Waals surface area contributed by atoms with Crippen molar-refractivity contribution in [2.75, 3.05) is 47.4 Å². The smallest absolute Gasteiger partial charge is 0.254 e. The summed E-state index contributed by atoms with van der Waals surface area (Å²) < 4.78 is 10.9. The molecule has 2 atom stereocenters. The second kappa shape index (κ2) is 10.5. The van der Waals surface area contributed by atoms with E-state index in [1.54, 1.807) is 43.6 Å². The predicted molar refractivity (Wildman–Crippen MR) is 122 cm³/mol. The van der Waals surface area contributed by atoms with E-state index in [0.29, 0.717) is 29.2 Å². The summed E-state index contributed by atoms with van der Waals surface area (Å²) >= 11 is 0. The van der Waals surface area contributed by atoms with E-state index < -0.39 is 12.0 Å². The van der Waals surface area contributed by atoms with Crippen molar-refractivity contribution in [2.45, 2.75) is 25.8 Å². The molecule has 32 heavy (non-hydrogen) atoms. The average molecular weight is 441 g/mol. The Bertz CT molecular complexity index is 947. The van der Waals surface area contributed by atoms with Crippen molar-refractivity contribution in [3.8, 4) is 11.5 Å². The molecular weight excluding hydrogens is 408 g/mol. The number of benzene rings is 1. The van der Waals surface area contributed by atoms with Crippen molar-refractivity contribution in [2.24, 2.45) is 0 Å². The number of nitrogens with zero attached hydrogens (tertiary/aromatic N) is 3. The van der Waals surface area contributed by atoms with Gasteiger partial charge in [-0.25, -0.2) is 0 Å². The van der Waals surface area contributed by atoms with Crippen LogP contribution in [0.3, 0.4) is 0 Å². The van der Waals surface area contributed by atoms with Crippen LogP contribution in [0.1, 0.15) is 47.3 Å². The van der Waals surface area contributed by atoms with Crippen LogP contribution >= 0.6 is 0 Å². The molecule has 0 aliphatic carbocycles. The summed E-state index contributed by atoms with van der Waals surface area (Å²) in [6.07, 6.45) is 3.38. The van der Waals surface area contributed by atoms with Gasteiger partial charge in [-0.05, 0) is 42.4 Å². The third-order valence-corrected chi connectivity index (χ3v) is 6.10. The van der Waals surface area contributed by atoms with Gasteiger partial charge in [0.05, 0.1) is 26.2 Å². The minimum Gasteiger partial charge on any atom is -0.493 e. The van der Waals surface area contributed by atoms with E-state index in [2.05, 4.69) is 29.0 Å². The number of nitrogens with one attached hydrogen (secondary N) is 1. The van der Waals surface area contributed by atoms with Gasteiger partial charge in [0.2, 0.25) is 5.91 Å². The normalized spacial score (nSPS) is 17.8. The molecule has 1 aliphatic rings. The van der Waals surface area contributed by atoms with Crippen LogP contribution in [0, 0.1) is 0 Å². The third-order valence-electron chi connectivity index (χ3n) is 6.10. The lowest BCUT2D eigenvalue weighted by molar-refractivity contribution is -0.124. The number of hydrogen-bond acceptors (Lipinski definition) is 6.